The summed E-state index contributed by atoms with van der Waals surface area (Å²) in [6.45, 7) is 7.25. The molecule has 4 heteroatoms. The molecule has 0 saturated heterocycles. The van der Waals surface area contributed by atoms with Crippen molar-refractivity contribution < 1.29 is 19.1 Å². The molecule has 0 spiro atoms. The molecule has 0 saturated carbocycles. The van der Waals surface area contributed by atoms with Crippen molar-refractivity contribution in [3.05, 3.63) is 0 Å². The van der Waals surface area contributed by atoms with E-state index in [9.17, 15) is 9.59 Å². The highest BCUT2D eigenvalue weighted by atomic mass is 16.6. The van der Waals surface area contributed by atoms with Crippen LogP contribution in [0.3, 0.4) is 0 Å². The molecule has 0 heterocycles. The van der Waals surface area contributed by atoms with Gasteiger partial charge in [0.25, 0.3) is 0 Å². The highest BCUT2D eigenvalue weighted by molar-refractivity contribution is 5.80. The Hall–Kier alpha value is -1.06. The first-order chi connectivity index (χ1) is 6.80. The zero-order valence-electron chi connectivity index (χ0n) is 10.1. The first kappa shape index (κ1) is 13.9. The van der Waals surface area contributed by atoms with Gasteiger partial charge in [-0.05, 0) is 27.2 Å². The first-order valence-electron chi connectivity index (χ1n) is 5.09. The lowest BCUT2D eigenvalue weighted by Crippen LogP contribution is -2.29. The van der Waals surface area contributed by atoms with Crippen molar-refractivity contribution in [2.45, 2.75) is 46.1 Å². The molecule has 1 atom stereocenters. The lowest BCUT2D eigenvalue weighted by molar-refractivity contribution is -0.163. The van der Waals surface area contributed by atoms with Crippen LogP contribution in [0.5, 0.6) is 0 Å². The molecule has 0 rings (SSSR count). The molecule has 0 aromatic rings. The van der Waals surface area contributed by atoms with E-state index in [0.29, 0.717) is 6.42 Å². The van der Waals surface area contributed by atoms with E-state index in [1.165, 1.54) is 7.11 Å². The summed E-state index contributed by atoms with van der Waals surface area (Å²) in [5.74, 6) is -1.13. The minimum Gasteiger partial charge on any atom is -0.469 e. The van der Waals surface area contributed by atoms with Crippen LogP contribution in [-0.4, -0.2) is 24.6 Å². The second-order valence-corrected chi connectivity index (χ2v) is 4.42. The third-order valence-electron chi connectivity index (χ3n) is 1.87. The predicted octanol–water partition coefficient (Wildman–Crippen LogP) is 1.92. The molecule has 0 fully saturated rings. The van der Waals surface area contributed by atoms with Crippen LogP contribution in [-0.2, 0) is 19.1 Å². The molecule has 0 aliphatic rings. The summed E-state index contributed by atoms with van der Waals surface area (Å²) in [6.07, 6.45) is 0.659. The largest absolute Gasteiger partial charge is 0.469 e. The molecule has 88 valence electrons. The van der Waals surface area contributed by atoms with Gasteiger partial charge in [0.05, 0.1) is 19.4 Å². The molecule has 0 aromatic heterocycles. The van der Waals surface area contributed by atoms with Gasteiger partial charge in [-0.25, -0.2) is 0 Å². The molecule has 0 bridgehead atoms. The van der Waals surface area contributed by atoms with Gasteiger partial charge in [-0.3, -0.25) is 9.59 Å². The summed E-state index contributed by atoms with van der Waals surface area (Å²) in [5.41, 5.74) is -0.513. The van der Waals surface area contributed by atoms with Crippen molar-refractivity contribution in [1.82, 2.24) is 0 Å². The molecule has 0 N–H and O–H groups in total. The standard InChI is InChI=1S/C11H20O4/c1-6-8(7-9(12)14-5)10(13)15-11(2,3)4/h8H,6-7H2,1-5H3. The van der Waals surface area contributed by atoms with Crippen LogP contribution < -0.4 is 0 Å². The van der Waals surface area contributed by atoms with E-state index >= 15 is 0 Å². The normalized spacial score (nSPS) is 13.1. The smallest absolute Gasteiger partial charge is 0.310 e. The van der Waals surface area contributed by atoms with E-state index < -0.39 is 11.5 Å². The molecule has 15 heavy (non-hydrogen) atoms. The predicted molar refractivity (Wildman–Crippen MR) is 56.3 cm³/mol. The summed E-state index contributed by atoms with van der Waals surface area (Å²) in [6, 6.07) is 0. The monoisotopic (exact) mass is 216 g/mol. The second-order valence-electron chi connectivity index (χ2n) is 4.42. The fourth-order valence-corrected chi connectivity index (χ4v) is 1.06. The minimum atomic E-state index is -0.513. The van der Waals surface area contributed by atoms with Crippen molar-refractivity contribution in [2.75, 3.05) is 7.11 Å². The minimum absolute atomic E-state index is 0.0852. The summed E-state index contributed by atoms with van der Waals surface area (Å²) < 4.78 is 9.71. The average Bonchev–Trinajstić information content (AvgIpc) is 2.10. The lowest BCUT2D eigenvalue weighted by Gasteiger charge is -2.22. The Balaban J connectivity index is 4.29. The molecular formula is C11H20O4. The van der Waals surface area contributed by atoms with E-state index in [4.69, 9.17) is 4.74 Å². The van der Waals surface area contributed by atoms with Crippen LogP contribution in [0, 0.1) is 5.92 Å². The van der Waals surface area contributed by atoms with Crippen molar-refractivity contribution in [1.29, 1.82) is 0 Å². The third kappa shape index (κ3) is 6.10. The molecule has 0 aromatic carbocycles. The van der Waals surface area contributed by atoms with E-state index in [-0.39, 0.29) is 18.4 Å². The summed E-state index contributed by atoms with van der Waals surface area (Å²) >= 11 is 0. The maximum absolute atomic E-state index is 11.6. The number of carbonyl (C=O) groups excluding carboxylic acids is 2. The molecule has 0 radical (unpaired) electrons. The van der Waals surface area contributed by atoms with Gasteiger partial charge in [0, 0.05) is 0 Å². The molecule has 4 nitrogen and oxygen atoms in total. The maximum Gasteiger partial charge on any atom is 0.310 e. The highest BCUT2D eigenvalue weighted by Crippen LogP contribution is 2.16. The zero-order valence-corrected chi connectivity index (χ0v) is 10.1. The van der Waals surface area contributed by atoms with E-state index in [0.717, 1.165) is 0 Å². The van der Waals surface area contributed by atoms with Crippen LogP contribution in [0.15, 0.2) is 0 Å². The molecule has 1 unspecified atom stereocenters. The number of carbonyl (C=O) groups is 2. The number of hydrogen-bond donors (Lipinski definition) is 0. The summed E-state index contributed by atoms with van der Waals surface area (Å²) in [7, 11) is 1.31. The van der Waals surface area contributed by atoms with E-state index in [2.05, 4.69) is 4.74 Å². The topological polar surface area (TPSA) is 52.6 Å². The quantitative estimate of drug-likeness (QED) is 0.674. The van der Waals surface area contributed by atoms with Crippen molar-refractivity contribution in [3.8, 4) is 0 Å². The van der Waals surface area contributed by atoms with Gasteiger partial charge in [-0.1, -0.05) is 6.92 Å². The molecular weight excluding hydrogens is 196 g/mol. The fourth-order valence-electron chi connectivity index (χ4n) is 1.06. The van der Waals surface area contributed by atoms with Crippen molar-refractivity contribution in [2.24, 2.45) is 5.92 Å². The number of hydrogen-bond acceptors (Lipinski definition) is 4. The number of methoxy groups -OCH3 is 1. The Bertz CT molecular complexity index is 227. The molecule has 0 aliphatic carbocycles. The fraction of sp³-hybridized carbons (Fsp3) is 0.818. The second kappa shape index (κ2) is 5.73. The van der Waals surface area contributed by atoms with Gasteiger partial charge in [0.15, 0.2) is 0 Å². The van der Waals surface area contributed by atoms with Crippen molar-refractivity contribution in [3.63, 3.8) is 0 Å². The number of ether oxygens (including phenoxy) is 2. The Morgan fingerprint density at radius 1 is 1.27 bits per heavy atom. The maximum atomic E-state index is 11.6. The summed E-state index contributed by atoms with van der Waals surface area (Å²) in [5, 5.41) is 0. The van der Waals surface area contributed by atoms with E-state index in [1.807, 2.05) is 6.92 Å². The lowest BCUT2D eigenvalue weighted by atomic mass is 10.0. The van der Waals surface area contributed by atoms with Gasteiger partial charge in [-0.15, -0.1) is 0 Å². The highest BCUT2D eigenvalue weighted by Gasteiger charge is 2.26. The van der Waals surface area contributed by atoms with Crippen LogP contribution in [0.1, 0.15) is 40.5 Å². The molecule has 0 aliphatic heterocycles. The molecule has 0 amide bonds. The van der Waals surface area contributed by atoms with Gasteiger partial charge < -0.3 is 9.47 Å². The Labute approximate surface area is 90.9 Å². The van der Waals surface area contributed by atoms with Crippen molar-refractivity contribution >= 4 is 11.9 Å². The Morgan fingerprint density at radius 2 is 1.80 bits per heavy atom. The summed E-state index contributed by atoms with van der Waals surface area (Å²) in [4.78, 5) is 22.6. The zero-order chi connectivity index (χ0) is 12.1. The first-order valence-corrected chi connectivity index (χ1v) is 5.09. The SMILES string of the molecule is CCC(CC(=O)OC)C(=O)OC(C)(C)C. The van der Waals surface area contributed by atoms with Crippen LogP contribution in [0.4, 0.5) is 0 Å². The Morgan fingerprint density at radius 3 is 2.13 bits per heavy atom. The van der Waals surface area contributed by atoms with Gasteiger partial charge in [0.2, 0.25) is 0 Å². The third-order valence-corrected chi connectivity index (χ3v) is 1.87. The van der Waals surface area contributed by atoms with E-state index in [1.54, 1.807) is 20.8 Å². The van der Waals surface area contributed by atoms with Gasteiger partial charge >= 0.3 is 11.9 Å². The van der Waals surface area contributed by atoms with Crippen LogP contribution >= 0.6 is 0 Å². The average molecular weight is 216 g/mol. The number of rotatable bonds is 4. The van der Waals surface area contributed by atoms with Crippen LogP contribution in [0.25, 0.3) is 0 Å². The van der Waals surface area contributed by atoms with Gasteiger partial charge in [0.1, 0.15) is 5.60 Å². The van der Waals surface area contributed by atoms with Crippen LogP contribution in [0.2, 0.25) is 0 Å². The Kier molecular flexibility index (Phi) is 5.33. The van der Waals surface area contributed by atoms with Gasteiger partial charge in [-0.2, -0.15) is 0 Å². The number of esters is 2.